The number of carboxylic acid groups (broad SMARTS) is 1. The largest absolute Gasteiger partial charge is 0.550 e. The van der Waals surface area contributed by atoms with Gasteiger partial charge in [0.1, 0.15) is 0 Å². The maximum Gasteiger partial charge on any atom is 0.417 e. The van der Waals surface area contributed by atoms with Crippen LogP contribution in [-0.4, -0.2) is 5.97 Å². The Morgan fingerprint density at radius 2 is 2.00 bits per heavy atom. The molecular formula is C9H5ClF3O2-. The van der Waals surface area contributed by atoms with E-state index in [0.717, 1.165) is 6.07 Å². The summed E-state index contributed by atoms with van der Waals surface area (Å²) in [4.78, 5) is 10.2. The van der Waals surface area contributed by atoms with Gasteiger partial charge in [-0.3, -0.25) is 0 Å². The van der Waals surface area contributed by atoms with E-state index in [4.69, 9.17) is 11.6 Å². The Balaban J connectivity index is 3.11. The number of benzene rings is 1. The third-order valence-corrected chi connectivity index (χ3v) is 2.01. The molecule has 0 radical (unpaired) electrons. The molecule has 0 amide bonds. The second kappa shape index (κ2) is 4.10. The van der Waals surface area contributed by atoms with Crippen molar-refractivity contribution >= 4 is 17.6 Å². The lowest BCUT2D eigenvalue weighted by atomic mass is 10.1. The molecule has 0 N–H and O–H groups in total. The number of carbonyl (C=O) groups is 1. The molecule has 1 aromatic rings. The van der Waals surface area contributed by atoms with Crippen LogP contribution in [0.25, 0.3) is 0 Å². The number of alkyl halides is 3. The maximum absolute atomic E-state index is 12.3. The Bertz CT molecular complexity index is 387. The smallest absolute Gasteiger partial charge is 0.417 e. The third-order valence-electron chi connectivity index (χ3n) is 1.68. The summed E-state index contributed by atoms with van der Waals surface area (Å²) >= 11 is 5.33. The first-order valence-corrected chi connectivity index (χ1v) is 4.24. The second-order valence-electron chi connectivity index (χ2n) is 2.86. The van der Waals surface area contributed by atoms with Crippen LogP contribution in [0.1, 0.15) is 11.1 Å². The Labute approximate surface area is 88.3 Å². The fourth-order valence-corrected chi connectivity index (χ4v) is 1.29. The lowest BCUT2D eigenvalue weighted by Crippen LogP contribution is -2.24. The summed E-state index contributed by atoms with van der Waals surface area (Å²) in [6, 6.07) is 2.94. The molecule has 0 aliphatic rings. The zero-order chi connectivity index (χ0) is 11.6. The Morgan fingerprint density at radius 3 is 2.47 bits per heavy atom. The van der Waals surface area contributed by atoms with E-state index in [-0.39, 0.29) is 5.56 Å². The molecule has 0 atom stereocenters. The molecule has 15 heavy (non-hydrogen) atoms. The number of carboxylic acids is 1. The summed E-state index contributed by atoms with van der Waals surface area (Å²) in [6.45, 7) is 0. The van der Waals surface area contributed by atoms with E-state index in [9.17, 15) is 23.1 Å². The third kappa shape index (κ3) is 3.13. The Morgan fingerprint density at radius 1 is 1.40 bits per heavy atom. The van der Waals surface area contributed by atoms with Gasteiger partial charge in [0.15, 0.2) is 0 Å². The van der Waals surface area contributed by atoms with Gasteiger partial charge in [-0.05, 0) is 17.7 Å². The van der Waals surface area contributed by atoms with Crippen molar-refractivity contribution in [1.29, 1.82) is 0 Å². The zero-order valence-corrected chi connectivity index (χ0v) is 8.02. The minimum absolute atomic E-state index is 0.00623. The first-order chi connectivity index (χ1) is 6.80. The highest BCUT2D eigenvalue weighted by Gasteiger charge is 2.33. The molecule has 0 heterocycles. The summed E-state index contributed by atoms with van der Waals surface area (Å²) < 4.78 is 37.0. The fraction of sp³-hybridized carbons (Fsp3) is 0.222. The summed E-state index contributed by atoms with van der Waals surface area (Å²) in [6.07, 6.45) is -5.15. The predicted octanol–water partition coefficient (Wildman–Crippen LogP) is 1.65. The number of hydrogen-bond donors (Lipinski definition) is 0. The minimum atomic E-state index is -4.58. The molecule has 0 aliphatic heterocycles. The summed E-state index contributed by atoms with van der Waals surface area (Å²) in [5.41, 5.74) is -1.03. The molecule has 0 saturated carbocycles. The molecule has 6 heteroatoms. The number of rotatable bonds is 2. The van der Waals surface area contributed by atoms with Crippen LogP contribution in [0.3, 0.4) is 0 Å². The molecule has 1 aromatic carbocycles. The molecule has 0 fully saturated rings. The van der Waals surface area contributed by atoms with Crippen LogP contribution in [0.5, 0.6) is 0 Å². The highest BCUT2D eigenvalue weighted by molar-refractivity contribution is 6.31. The van der Waals surface area contributed by atoms with Gasteiger partial charge in [0.2, 0.25) is 0 Å². The van der Waals surface area contributed by atoms with Gasteiger partial charge in [-0.25, -0.2) is 0 Å². The average molecular weight is 238 g/mol. The van der Waals surface area contributed by atoms with Crippen LogP contribution in [0, 0.1) is 0 Å². The van der Waals surface area contributed by atoms with Gasteiger partial charge in [0.05, 0.1) is 10.6 Å². The van der Waals surface area contributed by atoms with Gasteiger partial charge < -0.3 is 9.90 Å². The maximum atomic E-state index is 12.3. The predicted molar refractivity (Wildman–Crippen MR) is 45.2 cm³/mol. The van der Waals surface area contributed by atoms with Crippen molar-refractivity contribution in [3.63, 3.8) is 0 Å². The molecule has 0 aromatic heterocycles. The molecule has 2 nitrogen and oxygen atoms in total. The lowest BCUT2D eigenvalue weighted by molar-refractivity contribution is -0.304. The summed E-state index contributed by atoms with van der Waals surface area (Å²) in [5, 5.41) is 9.74. The monoisotopic (exact) mass is 237 g/mol. The Hall–Kier alpha value is -1.23. The van der Waals surface area contributed by atoms with Crippen molar-refractivity contribution in [2.45, 2.75) is 12.6 Å². The van der Waals surface area contributed by atoms with E-state index in [1.54, 1.807) is 0 Å². The summed E-state index contributed by atoms with van der Waals surface area (Å²) in [5.74, 6) is -1.44. The van der Waals surface area contributed by atoms with Crippen molar-refractivity contribution in [2.75, 3.05) is 0 Å². The number of carbonyl (C=O) groups excluding carboxylic acids is 1. The molecule has 0 aliphatic carbocycles. The van der Waals surface area contributed by atoms with Crippen molar-refractivity contribution in [2.24, 2.45) is 0 Å². The molecule has 0 bridgehead atoms. The number of hydrogen-bond acceptors (Lipinski definition) is 2. The van der Waals surface area contributed by atoms with Gasteiger partial charge in [-0.1, -0.05) is 17.7 Å². The van der Waals surface area contributed by atoms with Gasteiger partial charge >= 0.3 is 6.18 Å². The molecule has 0 spiro atoms. The van der Waals surface area contributed by atoms with Gasteiger partial charge in [-0.15, -0.1) is 0 Å². The van der Waals surface area contributed by atoms with Crippen LogP contribution in [0.2, 0.25) is 5.02 Å². The molecule has 0 unspecified atom stereocenters. The van der Waals surface area contributed by atoms with E-state index < -0.39 is 29.2 Å². The normalized spacial score (nSPS) is 11.5. The van der Waals surface area contributed by atoms with Crippen LogP contribution >= 0.6 is 11.6 Å². The van der Waals surface area contributed by atoms with Crippen molar-refractivity contribution in [1.82, 2.24) is 0 Å². The van der Waals surface area contributed by atoms with Gasteiger partial charge in [0, 0.05) is 12.4 Å². The number of halogens is 4. The molecule has 82 valence electrons. The van der Waals surface area contributed by atoms with E-state index >= 15 is 0 Å². The van der Waals surface area contributed by atoms with Crippen LogP contribution in [0.4, 0.5) is 13.2 Å². The van der Waals surface area contributed by atoms with Crippen molar-refractivity contribution in [3.05, 3.63) is 34.3 Å². The topological polar surface area (TPSA) is 40.1 Å². The standard InChI is InChI=1S/C9H6ClF3O2/c10-7-2-1-5(4-8(14)15)3-6(7)9(11,12)13/h1-3H,4H2,(H,14,15)/p-1. The van der Waals surface area contributed by atoms with Crippen LogP contribution in [-0.2, 0) is 17.4 Å². The van der Waals surface area contributed by atoms with E-state index in [0.29, 0.717) is 6.07 Å². The molecular weight excluding hydrogens is 233 g/mol. The first-order valence-electron chi connectivity index (χ1n) is 3.86. The van der Waals surface area contributed by atoms with Gasteiger partial charge in [-0.2, -0.15) is 13.2 Å². The van der Waals surface area contributed by atoms with Crippen LogP contribution < -0.4 is 5.11 Å². The lowest BCUT2D eigenvalue weighted by Gasteiger charge is -2.11. The van der Waals surface area contributed by atoms with Crippen molar-refractivity contribution < 1.29 is 23.1 Å². The highest BCUT2D eigenvalue weighted by atomic mass is 35.5. The quantitative estimate of drug-likeness (QED) is 0.785. The minimum Gasteiger partial charge on any atom is -0.550 e. The Kier molecular flexibility index (Phi) is 3.24. The van der Waals surface area contributed by atoms with Crippen molar-refractivity contribution in [3.8, 4) is 0 Å². The highest BCUT2D eigenvalue weighted by Crippen LogP contribution is 2.35. The fourth-order valence-electron chi connectivity index (χ4n) is 1.07. The molecule has 1 rings (SSSR count). The van der Waals surface area contributed by atoms with Crippen LogP contribution in [0.15, 0.2) is 18.2 Å². The summed E-state index contributed by atoms with van der Waals surface area (Å²) in [7, 11) is 0. The van der Waals surface area contributed by atoms with E-state index in [1.807, 2.05) is 0 Å². The first kappa shape index (κ1) is 11.8. The molecule has 0 saturated heterocycles. The average Bonchev–Trinajstić information content (AvgIpc) is 2.05. The van der Waals surface area contributed by atoms with Gasteiger partial charge in [0.25, 0.3) is 0 Å². The second-order valence-corrected chi connectivity index (χ2v) is 3.27. The number of aliphatic carboxylic acids is 1. The zero-order valence-electron chi connectivity index (χ0n) is 7.27. The van der Waals surface area contributed by atoms with E-state index in [2.05, 4.69) is 0 Å². The van der Waals surface area contributed by atoms with E-state index in [1.165, 1.54) is 6.07 Å². The SMILES string of the molecule is O=C([O-])Cc1ccc(Cl)c(C(F)(F)F)c1.